The largest absolute Gasteiger partial charge is 0.317 e. The molecule has 1 N–H and O–H groups in total. The molecule has 0 radical (unpaired) electrons. The molecule has 2 unspecified atom stereocenters. The van der Waals surface area contributed by atoms with Crippen molar-refractivity contribution < 1.29 is 0 Å². The summed E-state index contributed by atoms with van der Waals surface area (Å²) in [7, 11) is 2.08. The van der Waals surface area contributed by atoms with E-state index >= 15 is 0 Å². The summed E-state index contributed by atoms with van der Waals surface area (Å²) >= 11 is 0. The number of nitrogens with one attached hydrogen (secondary N) is 1. The smallest absolute Gasteiger partial charge is 0.00639 e. The molecular formula is C13H29N. The maximum Gasteiger partial charge on any atom is 0.00639 e. The van der Waals surface area contributed by atoms with Crippen LogP contribution in [-0.4, -0.2) is 13.1 Å². The summed E-state index contributed by atoms with van der Waals surface area (Å²) < 4.78 is 0. The zero-order valence-corrected chi connectivity index (χ0v) is 10.8. The van der Waals surface area contributed by atoms with Crippen LogP contribution in [0.4, 0.5) is 0 Å². The van der Waals surface area contributed by atoms with Gasteiger partial charge in [-0.05, 0) is 31.7 Å². The van der Waals surface area contributed by atoms with Gasteiger partial charge in [0.05, 0.1) is 0 Å². The highest BCUT2D eigenvalue weighted by Crippen LogP contribution is 2.17. The number of hydrogen-bond acceptors (Lipinski definition) is 1. The van der Waals surface area contributed by atoms with E-state index in [1.165, 1.54) is 32.1 Å². The fourth-order valence-corrected chi connectivity index (χ4v) is 1.97. The Morgan fingerprint density at radius 2 is 1.71 bits per heavy atom. The molecule has 1 heteroatoms. The van der Waals surface area contributed by atoms with Gasteiger partial charge < -0.3 is 5.32 Å². The third-order valence-corrected chi connectivity index (χ3v) is 3.07. The second-order valence-electron chi connectivity index (χ2n) is 5.06. The van der Waals surface area contributed by atoms with Gasteiger partial charge in [-0.1, -0.05) is 47.0 Å². The quantitative estimate of drug-likeness (QED) is 0.626. The molecule has 0 aliphatic heterocycles. The Hall–Kier alpha value is -0.0400. The minimum absolute atomic E-state index is 0.726. The maximum absolute atomic E-state index is 3.38. The highest BCUT2D eigenvalue weighted by Gasteiger charge is 2.09. The zero-order valence-electron chi connectivity index (χ0n) is 10.8. The summed E-state index contributed by atoms with van der Waals surface area (Å²) in [5, 5.41) is 3.38. The van der Waals surface area contributed by atoms with Crippen molar-refractivity contribution in [1.29, 1.82) is 0 Å². The second kappa shape index (κ2) is 8.28. The number of rotatable bonds is 8. The van der Waals surface area contributed by atoms with Gasteiger partial charge in [-0.15, -0.1) is 0 Å². The molecule has 0 bridgehead atoms. The molecule has 0 heterocycles. The molecule has 0 aliphatic rings. The van der Waals surface area contributed by atoms with Crippen LogP contribution >= 0.6 is 0 Å². The minimum Gasteiger partial charge on any atom is -0.317 e. The molecule has 86 valence electrons. The molecule has 0 aromatic carbocycles. The van der Waals surface area contributed by atoms with Gasteiger partial charge in [0, 0.05) is 6.04 Å². The standard InChI is InChI=1S/C13H29N/c1-6-13(14-5)10-12(4)9-7-8-11(2)3/h11-14H,6-10H2,1-5H3. The molecule has 0 aromatic rings. The predicted molar refractivity (Wildman–Crippen MR) is 65.6 cm³/mol. The summed E-state index contributed by atoms with van der Waals surface area (Å²) in [6.07, 6.45) is 6.78. The van der Waals surface area contributed by atoms with Crippen LogP contribution < -0.4 is 5.32 Å². The molecule has 0 rings (SSSR count). The number of hydrogen-bond donors (Lipinski definition) is 1. The summed E-state index contributed by atoms with van der Waals surface area (Å²) in [5.41, 5.74) is 0. The first-order valence-electron chi connectivity index (χ1n) is 6.27. The molecule has 0 aliphatic carbocycles. The Balaban J connectivity index is 3.48. The molecule has 0 aromatic heterocycles. The van der Waals surface area contributed by atoms with E-state index in [2.05, 4.69) is 40.1 Å². The van der Waals surface area contributed by atoms with Crippen molar-refractivity contribution in [1.82, 2.24) is 5.32 Å². The van der Waals surface area contributed by atoms with Crippen LogP contribution in [0.1, 0.15) is 59.8 Å². The van der Waals surface area contributed by atoms with Crippen LogP contribution in [-0.2, 0) is 0 Å². The molecule has 0 spiro atoms. The lowest BCUT2D eigenvalue weighted by Crippen LogP contribution is -2.26. The van der Waals surface area contributed by atoms with Crippen LogP contribution in [0.2, 0.25) is 0 Å². The molecular weight excluding hydrogens is 170 g/mol. The first-order chi connectivity index (χ1) is 6.60. The van der Waals surface area contributed by atoms with Gasteiger partial charge in [-0.3, -0.25) is 0 Å². The Morgan fingerprint density at radius 1 is 1.07 bits per heavy atom. The molecule has 0 fully saturated rings. The van der Waals surface area contributed by atoms with E-state index in [4.69, 9.17) is 0 Å². The van der Waals surface area contributed by atoms with Gasteiger partial charge in [0.25, 0.3) is 0 Å². The molecule has 0 saturated heterocycles. The van der Waals surface area contributed by atoms with Crippen molar-refractivity contribution in [2.24, 2.45) is 11.8 Å². The molecule has 0 amide bonds. The highest BCUT2D eigenvalue weighted by atomic mass is 14.9. The van der Waals surface area contributed by atoms with Crippen molar-refractivity contribution in [3.63, 3.8) is 0 Å². The van der Waals surface area contributed by atoms with Crippen LogP contribution in [0.15, 0.2) is 0 Å². The van der Waals surface area contributed by atoms with Gasteiger partial charge in [0.1, 0.15) is 0 Å². The van der Waals surface area contributed by atoms with Crippen LogP contribution in [0.25, 0.3) is 0 Å². The normalized spacial score (nSPS) is 15.9. The first kappa shape index (κ1) is 14.0. The lowest BCUT2D eigenvalue weighted by molar-refractivity contribution is 0.374. The van der Waals surface area contributed by atoms with E-state index in [1.807, 2.05) is 0 Å². The van der Waals surface area contributed by atoms with Crippen LogP contribution in [0.3, 0.4) is 0 Å². The van der Waals surface area contributed by atoms with Crippen molar-refractivity contribution in [2.45, 2.75) is 65.8 Å². The van der Waals surface area contributed by atoms with E-state index in [9.17, 15) is 0 Å². The highest BCUT2D eigenvalue weighted by molar-refractivity contribution is 4.66. The van der Waals surface area contributed by atoms with E-state index in [1.54, 1.807) is 0 Å². The van der Waals surface area contributed by atoms with Crippen molar-refractivity contribution in [3.8, 4) is 0 Å². The lowest BCUT2D eigenvalue weighted by atomic mass is 9.93. The SMILES string of the molecule is CCC(CC(C)CCCC(C)C)NC. The molecule has 0 saturated carbocycles. The maximum atomic E-state index is 3.38. The summed E-state index contributed by atoms with van der Waals surface area (Å²) in [6, 6.07) is 0.726. The van der Waals surface area contributed by atoms with Crippen molar-refractivity contribution in [3.05, 3.63) is 0 Å². The predicted octanol–water partition coefficient (Wildman–Crippen LogP) is 3.84. The van der Waals surface area contributed by atoms with Crippen LogP contribution in [0.5, 0.6) is 0 Å². The topological polar surface area (TPSA) is 12.0 Å². The average Bonchev–Trinajstić information content (AvgIpc) is 2.13. The fourth-order valence-electron chi connectivity index (χ4n) is 1.97. The van der Waals surface area contributed by atoms with E-state index < -0.39 is 0 Å². The molecule has 2 atom stereocenters. The van der Waals surface area contributed by atoms with E-state index in [-0.39, 0.29) is 0 Å². The summed E-state index contributed by atoms with van der Waals surface area (Å²) in [4.78, 5) is 0. The van der Waals surface area contributed by atoms with Gasteiger partial charge >= 0.3 is 0 Å². The summed E-state index contributed by atoms with van der Waals surface area (Å²) in [6.45, 7) is 9.28. The van der Waals surface area contributed by atoms with E-state index in [0.29, 0.717) is 0 Å². The Kier molecular flexibility index (Phi) is 8.26. The van der Waals surface area contributed by atoms with Gasteiger partial charge in [-0.25, -0.2) is 0 Å². The van der Waals surface area contributed by atoms with Crippen LogP contribution in [0, 0.1) is 11.8 Å². The average molecular weight is 199 g/mol. The van der Waals surface area contributed by atoms with Gasteiger partial charge in [0.15, 0.2) is 0 Å². The molecule has 14 heavy (non-hydrogen) atoms. The monoisotopic (exact) mass is 199 g/mol. The fraction of sp³-hybridized carbons (Fsp3) is 1.00. The van der Waals surface area contributed by atoms with E-state index in [0.717, 1.165) is 17.9 Å². The first-order valence-corrected chi connectivity index (χ1v) is 6.27. The zero-order chi connectivity index (χ0) is 11.0. The Labute approximate surface area is 90.7 Å². The van der Waals surface area contributed by atoms with Gasteiger partial charge in [-0.2, -0.15) is 0 Å². The third-order valence-electron chi connectivity index (χ3n) is 3.07. The van der Waals surface area contributed by atoms with Gasteiger partial charge in [0.2, 0.25) is 0 Å². The second-order valence-corrected chi connectivity index (χ2v) is 5.06. The third kappa shape index (κ3) is 7.37. The minimum atomic E-state index is 0.726. The molecule has 1 nitrogen and oxygen atoms in total. The van der Waals surface area contributed by atoms with Crippen molar-refractivity contribution >= 4 is 0 Å². The van der Waals surface area contributed by atoms with Crippen molar-refractivity contribution in [2.75, 3.05) is 7.05 Å². The lowest BCUT2D eigenvalue weighted by Gasteiger charge is -2.19. The summed E-state index contributed by atoms with van der Waals surface area (Å²) in [5.74, 6) is 1.75. The Morgan fingerprint density at radius 3 is 2.14 bits per heavy atom. The Bertz CT molecular complexity index is 116.